The van der Waals surface area contributed by atoms with E-state index in [2.05, 4.69) is 55.5 Å². The molecule has 1 aliphatic rings. The zero-order chi connectivity index (χ0) is 22.1. The van der Waals surface area contributed by atoms with Crippen LogP contribution in [0.3, 0.4) is 0 Å². The molecular weight excluding hydrogens is 409 g/mol. The van der Waals surface area contributed by atoms with Gasteiger partial charge in [-0.1, -0.05) is 6.07 Å². The van der Waals surface area contributed by atoms with Crippen LogP contribution in [0.4, 0.5) is 33.3 Å². The zero-order valence-electron chi connectivity index (χ0n) is 18.0. The Hall–Kier alpha value is -3.72. The van der Waals surface area contributed by atoms with E-state index in [1.165, 1.54) is 6.07 Å². The van der Waals surface area contributed by atoms with Gasteiger partial charge in [0.05, 0.1) is 13.2 Å². The van der Waals surface area contributed by atoms with Crippen LogP contribution in [0.5, 0.6) is 0 Å². The summed E-state index contributed by atoms with van der Waals surface area (Å²) in [5.41, 5.74) is 3.58. The van der Waals surface area contributed by atoms with Gasteiger partial charge in [0.25, 0.3) is 0 Å². The summed E-state index contributed by atoms with van der Waals surface area (Å²) in [6.45, 7) is 5.29. The molecule has 3 heterocycles. The Morgan fingerprint density at radius 2 is 2.00 bits per heavy atom. The van der Waals surface area contributed by atoms with Gasteiger partial charge in [-0.2, -0.15) is 10.1 Å². The molecule has 2 aromatic carbocycles. The van der Waals surface area contributed by atoms with Crippen LogP contribution in [0.15, 0.2) is 48.7 Å². The van der Waals surface area contributed by atoms with Crippen molar-refractivity contribution >= 4 is 39.9 Å². The molecule has 32 heavy (non-hydrogen) atoms. The third kappa shape index (κ3) is 3.94. The van der Waals surface area contributed by atoms with Crippen LogP contribution in [-0.2, 0) is 4.74 Å². The minimum absolute atomic E-state index is 0.338. The number of morpholine rings is 1. The largest absolute Gasteiger partial charge is 0.378 e. The van der Waals surface area contributed by atoms with Crippen LogP contribution in [0.25, 0.3) is 10.9 Å². The topological polar surface area (TPSA) is 82.2 Å². The summed E-state index contributed by atoms with van der Waals surface area (Å²) in [4.78, 5) is 13.1. The quantitative estimate of drug-likeness (QED) is 0.489. The monoisotopic (exact) mass is 433 g/mol. The lowest BCUT2D eigenvalue weighted by Crippen LogP contribution is -2.36. The second-order valence-electron chi connectivity index (χ2n) is 7.79. The fourth-order valence-corrected chi connectivity index (χ4v) is 3.92. The van der Waals surface area contributed by atoms with Crippen molar-refractivity contribution in [1.82, 2.24) is 20.2 Å². The maximum Gasteiger partial charge on any atom is 0.229 e. The first-order chi connectivity index (χ1) is 15.6. The lowest BCUT2D eigenvalue weighted by Gasteiger charge is -2.29. The van der Waals surface area contributed by atoms with Crippen molar-refractivity contribution in [3.05, 3.63) is 60.0 Å². The van der Waals surface area contributed by atoms with Crippen molar-refractivity contribution in [3.8, 4) is 0 Å². The second-order valence-corrected chi connectivity index (χ2v) is 7.79. The fourth-order valence-electron chi connectivity index (χ4n) is 3.92. The van der Waals surface area contributed by atoms with Crippen LogP contribution in [0.1, 0.15) is 5.56 Å². The van der Waals surface area contributed by atoms with E-state index in [1.54, 1.807) is 23.2 Å². The SMILES string of the molecule is Cc1cc(Nc2nccc(N(C)c3n[nH]c4c(F)cccc34)n2)cc(N2CCOCC2)c1. The van der Waals surface area contributed by atoms with Crippen molar-refractivity contribution in [2.75, 3.05) is 48.5 Å². The van der Waals surface area contributed by atoms with Gasteiger partial charge in [0.15, 0.2) is 5.82 Å². The maximum atomic E-state index is 14.0. The maximum absolute atomic E-state index is 14.0. The molecule has 0 bridgehead atoms. The van der Waals surface area contributed by atoms with Gasteiger partial charge in [0.1, 0.15) is 17.2 Å². The molecule has 2 N–H and O–H groups in total. The van der Waals surface area contributed by atoms with Gasteiger partial charge in [0, 0.05) is 43.1 Å². The molecule has 0 saturated carbocycles. The molecule has 0 spiro atoms. The number of hydrogen-bond donors (Lipinski definition) is 2. The van der Waals surface area contributed by atoms with Crippen molar-refractivity contribution < 1.29 is 9.13 Å². The first kappa shape index (κ1) is 20.2. The summed E-state index contributed by atoms with van der Waals surface area (Å²) in [6.07, 6.45) is 1.69. The molecule has 0 unspecified atom stereocenters. The number of fused-ring (bicyclic) bond motifs is 1. The Kier molecular flexibility index (Phi) is 5.32. The lowest BCUT2D eigenvalue weighted by molar-refractivity contribution is 0.122. The van der Waals surface area contributed by atoms with Gasteiger partial charge >= 0.3 is 0 Å². The van der Waals surface area contributed by atoms with Crippen LogP contribution >= 0.6 is 0 Å². The predicted octanol–water partition coefficient (Wildman–Crippen LogP) is 4.15. The molecule has 164 valence electrons. The summed E-state index contributed by atoms with van der Waals surface area (Å²) < 4.78 is 19.5. The Morgan fingerprint density at radius 3 is 2.84 bits per heavy atom. The second kappa shape index (κ2) is 8.43. The molecule has 0 radical (unpaired) electrons. The average Bonchev–Trinajstić information content (AvgIpc) is 3.24. The van der Waals surface area contributed by atoms with Crippen molar-refractivity contribution in [2.45, 2.75) is 6.92 Å². The number of aryl methyl sites for hydroxylation is 1. The molecule has 5 rings (SSSR count). The van der Waals surface area contributed by atoms with Crippen LogP contribution < -0.4 is 15.1 Å². The fraction of sp³-hybridized carbons (Fsp3) is 0.261. The van der Waals surface area contributed by atoms with Gasteiger partial charge in [-0.25, -0.2) is 9.37 Å². The molecular formula is C23H24FN7O. The van der Waals surface area contributed by atoms with Gasteiger partial charge in [-0.05, 0) is 48.9 Å². The van der Waals surface area contributed by atoms with Crippen molar-refractivity contribution in [1.29, 1.82) is 0 Å². The lowest BCUT2D eigenvalue weighted by atomic mass is 10.1. The van der Waals surface area contributed by atoms with E-state index in [9.17, 15) is 4.39 Å². The molecule has 4 aromatic rings. The molecule has 8 nitrogen and oxygen atoms in total. The number of ether oxygens (including phenoxy) is 1. The minimum atomic E-state index is -0.338. The molecule has 2 aromatic heterocycles. The first-order valence-electron chi connectivity index (χ1n) is 10.5. The highest BCUT2D eigenvalue weighted by Crippen LogP contribution is 2.30. The number of aromatic amines is 1. The van der Waals surface area contributed by atoms with Crippen LogP contribution in [-0.4, -0.2) is 53.5 Å². The summed E-state index contributed by atoms with van der Waals surface area (Å²) in [7, 11) is 1.84. The standard InChI is InChI=1S/C23H24FN7O/c1-15-12-16(14-17(13-15)31-8-10-32-11-9-31)26-23-25-7-6-20(27-23)30(2)22-18-4-3-5-19(24)21(18)28-29-22/h3-7,12-14H,8-11H2,1-2H3,(H,28,29)(H,25,26,27). The number of aromatic nitrogens is 4. The van der Waals surface area contributed by atoms with E-state index in [-0.39, 0.29) is 5.82 Å². The Bertz CT molecular complexity index is 1250. The number of para-hydroxylation sites is 1. The number of anilines is 5. The normalized spacial score (nSPS) is 14.0. The summed E-state index contributed by atoms with van der Waals surface area (Å²) in [5.74, 6) is 1.37. The molecule has 1 saturated heterocycles. The smallest absolute Gasteiger partial charge is 0.229 e. The summed E-state index contributed by atoms with van der Waals surface area (Å²) in [5, 5.41) is 11.1. The van der Waals surface area contributed by atoms with Crippen molar-refractivity contribution in [2.24, 2.45) is 0 Å². The third-order valence-electron chi connectivity index (χ3n) is 5.52. The Labute approximate surface area is 185 Å². The number of H-pyrrole nitrogens is 1. The number of rotatable bonds is 5. The van der Waals surface area contributed by atoms with E-state index < -0.39 is 0 Å². The van der Waals surface area contributed by atoms with Gasteiger partial charge < -0.3 is 19.9 Å². The van der Waals surface area contributed by atoms with Crippen LogP contribution in [0.2, 0.25) is 0 Å². The minimum Gasteiger partial charge on any atom is -0.378 e. The molecule has 1 aliphatic heterocycles. The van der Waals surface area contributed by atoms with Gasteiger partial charge in [0.2, 0.25) is 5.95 Å². The van der Waals surface area contributed by atoms with Gasteiger partial charge in [-0.3, -0.25) is 5.10 Å². The van der Waals surface area contributed by atoms with E-state index in [0.717, 1.165) is 43.2 Å². The van der Waals surface area contributed by atoms with Crippen LogP contribution in [0, 0.1) is 12.7 Å². The van der Waals surface area contributed by atoms with Crippen molar-refractivity contribution in [3.63, 3.8) is 0 Å². The number of nitrogens with zero attached hydrogens (tertiary/aromatic N) is 5. The highest BCUT2D eigenvalue weighted by atomic mass is 19.1. The predicted molar refractivity (Wildman–Crippen MR) is 124 cm³/mol. The Balaban J connectivity index is 1.41. The summed E-state index contributed by atoms with van der Waals surface area (Å²) in [6, 6.07) is 13.0. The number of halogens is 1. The third-order valence-corrected chi connectivity index (χ3v) is 5.52. The molecule has 0 atom stereocenters. The van der Waals surface area contributed by atoms with Gasteiger partial charge in [-0.15, -0.1) is 0 Å². The molecule has 1 fully saturated rings. The van der Waals surface area contributed by atoms with E-state index in [4.69, 9.17) is 4.74 Å². The number of hydrogen-bond acceptors (Lipinski definition) is 7. The average molecular weight is 433 g/mol. The zero-order valence-corrected chi connectivity index (χ0v) is 18.0. The highest BCUT2D eigenvalue weighted by molar-refractivity contribution is 5.92. The first-order valence-corrected chi connectivity index (χ1v) is 10.5. The Morgan fingerprint density at radius 1 is 1.16 bits per heavy atom. The molecule has 9 heteroatoms. The molecule has 0 aliphatic carbocycles. The van der Waals surface area contributed by atoms with E-state index >= 15 is 0 Å². The van der Waals surface area contributed by atoms with E-state index in [0.29, 0.717) is 28.5 Å². The summed E-state index contributed by atoms with van der Waals surface area (Å²) >= 11 is 0. The highest BCUT2D eigenvalue weighted by Gasteiger charge is 2.16. The number of benzene rings is 2. The van der Waals surface area contributed by atoms with E-state index in [1.807, 2.05) is 13.1 Å². The number of nitrogens with one attached hydrogen (secondary N) is 2. The molecule has 0 amide bonds.